The van der Waals surface area contributed by atoms with Gasteiger partial charge in [0.2, 0.25) is 17.7 Å². The van der Waals surface area contributed by atoms with Crippen LogP contribution in [0.15, 0.2) is 35.5 Å². The van der Waals surface area contributed by atoms with E-state index in [2.05, 4.69) is 39.7 Å². The molecule has 0 aromatic carbocycles. The first-order chi connectivity index (χ1) is 14.6. The first kappa shape index (κ1) is 23.5. The number of imide groups is 1. The van der Waals surface area contributed by atoms with Gasteiger partial charge in [0.05, 0.1) is 18.4 Å². The number of ether oxygens (including phenoxy) is 1. The van der Waals surface area contributed by atoms with E-state index in [1.54, 1.807) is 13.2 Å². The molecule has 31 heavy (non-hydrogen) atoms. The van der Waals surface area contributed by atoms with Crippen LogP contribution in [0.5, 0.6) is 5.88 Å². The quantitative estimate of drug-likeness (QED) is 0.173. The Balaban J connectivity index is 0.00000272. The maximum Gasteiger partial charge on any atom is 0.233 e. The van der Waals surface area contributed by atoms with Crippen molar-refractivity contribution in [3.63, 3.8) is 0 Å². The van der Waals surface area contributed by atoms with Gasteiger partial charge in [-0.1, -0.05) is 25.1 Å². The monoisotopic (exact) mass is 539 g/mol. The average molecular weight is 539 g/mol. The van der Waals surface area contributed by atoms with Gasteiger partial charge in [0, 0.05) is 38.4 Å². The van der Waals surface area contributed by atoms with E-state index in [4.69, 9.17) is 4.74 Å². The minimum absolute atomic E-state index is 0. The number of hydrogen-bond donors (Lipinski definition) is 2. The van der Waals surface area contributed by atoms with Gasteiger partial charge in [0.1, 0.15) is 0 Å². The van der Waals surface area contributed by atoms with E-state index in [0.29, 0.717) is 38.1 Å². The molecule has 2 fully saturated rings. The number of carbonyl (C=O) groups excluding carboxylic acids is 2. The first-order valence-electron chi connectivity index (χ1n) is 10.7. The van der Waals surface area contributed by atoms with E-state index in [-0.39, 0.29) is 59.5 Å². The molecule has 9 heteroatoms. The molecule has 1 aromatic rings. The Labute approximate surface area is 199 Å². The van der Waals surface area contributed by atoms with Crippen molar-refractivity contribution in [3.8, 4) is 5.88 Å². The largest absolute Gasteiger partial charge is 0.477 e. The van der Waals surface area contributed by atoms with Gasteiger partial charge in [-0.25, -0.2) is 4.98 Å². The van der Waals surface area contributed by atoms with Crippen LogP contribution in [-0.2, 0) is 16.1 Å². The SMILES string of the molecule is CCCOc1ncccc1CNC(=NC)NCCN1C(=O)C2C3C=CC(C3)C2C1=O.I. The van der Waals surface area contributed by atoms with Gasteiger partial charge in [-0.2, -0.15) is 0 Å². The summed E-state index contributed by atoms with van der Waals surface area (Å²) in [7, 11) is 1.69. The van der Waals surface area contributed by atoms with E-state index in [9.17, 15) is 9.59 Å². The van der Waals surface area contributed by atoms with Crippen LogP contribution < -0.4 is 15.4 Å². The fourth-order valence-corrected chi connectivity index (χ4v) is 4.76. The highest BCUT2D eigenvalue weighted by atomic mass is 127. The van der Waals surface area contributed by atoms with Crippen molar-refractivity contribution < 1.29 is 14.3 Å². The molecule has 1 aromatic heterocycles. The van der Waals surface area contributed by atoms with E-state index < -0.39 is 0 Å². The lowest BCUT2D eigenvalue weighted by molar-refractivity contribution is -0.140. The zero-order valence-corrected chi connectivity index (χ0v) is 20.2. The maximum absolute atomic E-state index is 12.7. The molecular weight excluding hydrogens is 509 g/mol. The number of fused-ring (bicyclic) bond motifs is 5. The number of guanidine groups is 1. The lowest BCUT2D eigenvalue weighted by Gasteiger charge is -2.19. The summed E-state index contributed by atoms with van der Waals surface area (Å²) < 4.78 is 5.68. The number of rotatable bonds is 8. The van der Waals surface area contributed by atoms with E-state index >= 15 is 0 Å². The number of aromatic nitrogens is 1. The number of likely N-dealkylation sites (tertiary alicyclic amines) is 1. The third-order valence-corrected chi connectivity index (χ3v) is 6.15. The minimum Gasteiger partial charge on any atom is -0.477 e. The van der Waals surface area contributed by atoms with Crippen LogP contribution in [0.4, 0.5) is 0 Å². The molecule has 1 saturated heterocycles. The van der Waals surface area contributed by atoms with Crippen molar-refractivity contribution >= 4 is 41.8 Å². The Kier molecular flexibility index (Phi) is 7.90. The van der Waals surface area contributed by atoms with Gasteiger partial charge in [0.25, 0.3) is 0 Å². The lowest BCUT2D eigenvalue weighted by atomic mass is 9.85. The number of amides is 2. The fourth-order valence-electron chi connectivity index (χ4n) is 4.76. The Bertz CT molecular complexity index is 844. The van der Waals surface area contributed by atoms with E-state index in [0.717, 1.165) is 18.4 Å². The summed E-state index contributed by atoms with van der Waals surface area (Å²) in [5.41, 5.74) is 0.939. The van der Waals surface area contributed by atoms with Crippen LogP contribution in [0.3, 0.4) is 0 Å². The molecule has 3 aliphatic rings. The summed E-state index contributed by atoms with van der Waals surface area (Å²) >= 11 is 0. The first-order valence-corrected chi connectivity index (χ1v) is 10.7. The highest BCUT2D eigenvalue weighted by Crippen LogP contribution is 2.52. The molecular formula is C22H30IN5O3. The summed E-state index contributed by atoms with van der Waals surface area (Å²) in [6, 6.07) is 3.83. The molecule has 2 amide bonds. The summed E-state index contributed by atoms with van der Waals surface area (Å²) in [6.07, 6.45) is 7.80. The zero-order chi connectivity index (χ0) is 21.1. The Morgan fingerprint density at radius 1 is 1.23 bits per heavy atom. The Morgan fingerprint density at radius 3 is 2.58 bits per heavy atom. The second-order valence-electron chi connectivity index (χ2n) is 8.00. The number of hydrogen-bond acceptors (Lipinski definition) is 5. The lowest BCUT2D eigenvalue weighted by Crippen LogP contribution is -2.43. The van der Waals surface area contributed by atoms with Crippen molar-refractivity contribution in [2.75, 3.05) is 26.7 Å². The highest BCUT2D eigenvalue weighted by molar-refractivity contribution is 14.0. The minimum atomic E-state index is -0.142. The van der Waals surface area contributed by atoms with Crippen LogP contribution in [-0.4, -0.2) is 54.4 Å². The number of nitrogens with one attached hydrogen (secondary N) is 2. The Morgan fingerprint density at radius 2 is 1.94 bits per heavy atom. The number of carbonyl (C=O) groups is 2. The molecule has 0 spiro atoms. The van der Waals surface area contributed by atoms with E-state index in [1.165, 1.54) is 4.90 Å². The van der Waals surface area contributed by atoms with Crippen molar-refractivity contribution in [1.82, 2.24) is 20.5 Å². The van der Waals surface area contributed by atoms with Crippen molar-refractivity contribution in [2.45, 2.75) is 26.3 Å². The summed E-state index contributed by atoms with van der Waals surface area (Å²) in [6.45, 7) is 3.98. The van der Waals surface area contributed by atoms with Crippen LogP contribution in [0.2, 0.25) is 0 Å². The number of nitrogens with zero attached hydrogens (tertiary/aromatic N) is 3. The van der Waals surface area contributed by atoms with Gasteiger partial charge in [-0.05, 0) is 30.7 Å². The normalized spacial score (nSPS) is 26.1. The molecule has 168 valence electrons. The molecule has 8 nitrogen and oxygen atoms in total. The second kappa shape index (κ2) is 10.4. The molecule has 2 heterocycles. The molecule has 2 aliphatic carbocycles. The van der Waals surface area contributed by atoms with Gasteiger partial charge in [-0.3, -0.25) is 19.5 Å². The predicted molar refractivity (Wildman–Crippen MR) is 128 cm³/mol. The molecule has 4 unspecified atom stereocenters. The standard InChI is InChI=1S/C22H29N5O3.HI/c1-3-11-30-19-16(5-4-8-24-19)13-26-22(23-2)25-9-10-27-20(28)17-14-6-7-15(12-14)18(17)21(27)29;/h4-8,14-15,17-18H,3,9-13H2,1-2H3,(H2,23,25,26);1H. The molecule has 1 aliphatic heterocycles. The smallest absolute Gasteiger partial charge is 0.233 e. The molecule has 0 radical (unpaired) electrons. The van der Waals surface area contributed by atoms with Crippen LogP contribution in [0.25, 0.3) is 0 Å². The highest BCUT2D eigenvalue weighted by Gasteiger charge is 2.58. The second-order valence-corrected chi connectivity index (χ2v) is 8.00. The summed E-state index contributed by atoms with van der Waals surface area (Å²) in [5, 5.41) is 6.42. The van der Waals surface area contributed by atoms with Crippen LogP contribution in [0, 0.1) is 23.7 Å². The molecule has 4 atom stereocenters. The van der Waals surface area contributed by atoms with E-state index in [1.807, 2.05) is 12.1 Å². The number of halogens is 1. The van der Waals surface area contributed by atoms with Crippen molar-refractivity contribution in [1.29, 1.82) is 0 Å². The fraction of sp³-hybridized carbons (Fsp3) is 0.545. The van der Waals surface area contributed by atoms with Gasteiger partial charge < -0.3 is 15.4 Å². The zero-order valence-electron chi connectivity index (χ0n) is 17.9. The number of aliphatic imine (C=N–C) groups is 1. The van der Waals surface area contributed by atoms with Crippen molar-refractivity contribution in [2.24, 2.45) is 28.7 Å². The Hall–Kier alpha value is -2.17. The summed E-state index contributed by atoms with van der Waals surface area (Å²) in [4.78, 5) is 35.4. The van der Waals surface area contributed by atoms with Crippen molar-refractivity contribution in [3.05, 3.63) is 36.0 Å². The molecule has 4 rings (SSSR count). The molecule has 2 N–H and O–H groups in total. The van der Waals surface area contributed by atoms with Gasteiger partial charge in [-0.15, -0.1) is 24.0 Å². The topological polar surface area (TPSA) is 95.9 Å². The maximum atomic E-state index is 12.7. The molecule has 1 saturated carbocycles. The van der Waals surface area contributed by atoms with Crippen LogP contribution in [0.1, 0.15) is 25.3 Å². The molecule has 2 bridgehead atoms. The van der Waals surface area contributed by atoms with Crippen LogP contribution >= 0.6 is 24.0 Å². The predicted octanol–water partition coefficient (Wildman–Crippen LogP) is 1.96. The van der Waals surface area contributed by atoms with Gasteiger partial charge >= 0.3 is 0 Å². The number of pyridine rings is 1. The summed E-state index contributed by atoms with van der Waals surface area (Å²) in [5.74, 6) is 1.39. The third-order valence-electron chi connectivity index (χ3n) is 6.15. The number of allylic oxidation sites excluding steroid dienone is 2. The average Bonchev–Trinajstić information content (AvgIpc) is 3.44. The third kappa shape index (κ3) is 4.70. The van der Waals surface area contributed by atoms with Gasteiger partial charge in [0.15, 0.2) is 5.96 Å².